The molecule has 1 aliphatic rings. The van der Waals surface area contributed by atoms with E-state index in [4.69, 9.17) is 16.3 Å². The second-order valence-corrected chi connectivity index (χ2v) is 7.28. The molecule has 0 N–H and O–H groups in total. The van der Waals surface area contributed by atoms with Crippen molar-refractivity contribution in [1.29, 1.82) is 0 Å². The first kappa shape index (κ1) is 17.7. The largest absolute Gasteiger partial charge is 0.497 e. The maximum absolute atomic E-state index is 12.4. The van der Waals surface area contributed by atoms with Gasteiger partial charge in [-0.1, -0.05) is 23.7 Å². The van der Waals surface area contributed by atoms with E-state index < -0.39 is 0 Å². The second-order valence-electron chi connectivity index (χ2n) is 6.00. The standard InChI is InChI=1S/C20H16ClN3O2S/c1-26-16-8-4-14(5-9-16)18-12-27-20(22-18)24-19(25)11-10-17(23-24)13-2-6-15(21)7-3-13/h2-9,12H,10-11H2,1H3. The van der Waals surface area contributed by atoms with Crippen LogP contribution < -0.4 is 9.75 Å². The fourth-order valence-corrected chi connectivity index (χ4v) is 3.73. The highest BCUT2D eigenvalue weighted by atomic mass is 35.5. The van der Waals surface area contributed by atoms with Crippen molar-refractivity contribution in [3.8, 4) is 17.0 Å². The summed E-state index contributed by atoms with van der Waals surface area (Å²) in [5.74, 6) is 0.737. The van der Waals surface area contributed by atoms with Gasteiger partial charge in [0.15, 0.2) is 0 Å². The number of anilines is 1. The Morgan fingerprint density at radius 3 is 2.44 bits per heavy atom. The van der Waals surface area contributed by atoms with Gasteiger partial charge >= 0.3 is 0 Å². The van der Waals surface area contributed by atoms with Gasteiger partial charge in [-0.2, -0.15) is 10.1 Å². The van der Waals surface area contributed by atoms with E-state index in [1.807, 2.05) is 53.9 Å². The number of thiazole rings is 1. The lowest BCUT2D eigenvalue weighted by atomic mass is 10.0. The summed E-state index contributed by atoms with van der Waals surface area (Å²) in [5, 5.41) is 9.13. The van der Waals surface area contributed by atoms with E-state index in [2.05, 4.69) is 10.1 Å². The Labute approximate surface area is 165 Å². The van der Waals surface area contributed by atoms with Crippen molar-refractivity contribution in [1.82, 2.24) is 4.98 Å². The van der Waals surface area contributed by atoms with E-state index in [0.29, 0.717) is 23.0 Å². The summed E-state index contributed by atoms with van der Waals surface area (Å²) in [7, 11) is 1.63. The van der Waals surface area contributed by atoms with Crippen molar-refractivity contribution >= 4 is 39.7 Å². The fraction of sp³-hybridized carbons (Fsp3) is 0.150. The molecule has 7 heteroatoms. The molecule has 1 amide bonds. The Morgan fingerprint density at radius 1 is 1.04 bits per heavy atom. The highest BCUT2D eigenvalue weighted by Crippen LogP contribution is 2.31. The van der Waals surface area contributed by atoms with Crippen molar-refractivity contribution in [2.24, 2.45) is 5.10 Å². The Hall–Kier alpha value is -2.70. The number of nitrogens with zero attached hydrogens (tertiary/aromatic N) is 3. The molecule has 0 spiro atoms. The van der Waals surface area contributed by atoms with Crippen LogP contribution in [-0.2, 0) is 4.79 Å². The number of hydrogen-bond donors (Lipinski definition) is 0. The smallest absolute Gasteiger partial charge is 0.249 e. The zero-order chi connectivity index (χ0) is 18.8. The van der Waals surface area contributed by atoms with Gasteiger partial charge in [0.2, 0.25) is 11.0 Å². The van der Waals surface area contributed by atoms with Crippen molar-refractivity contribution < 1.29 is 9.53 Å². The normalized spacial score (nSPS) is 14.2. The minimum absolute atomic E-state index is 0.0525. The molecule has 0 fully saturated rings. The number of rotatable bonds is 4. The molecule has 5 nitrogen and oxygen atoms in total. The van der Waals surface area contributed by atoms with Crippen molar-refractivity contribution in [3.63, 3.8) is 0 Å². The highest BCUT2D eigenvalue weighted by molar-refractivity contribution is 7.14. The first-order valence-electron chi connectivity index (χ1n) is 8.40. The molecule has 0 saturated heterocycles. The van der Waals surface area contributed by atoms with E-state index in [1.165, 1.54) is 16.3 Å². The third kappa shape index (κ3) is 3.72. The highest BCUT2D eigenvalue weighted by Gasteiger charge is 2.25. The van der Waals surface area contributed by atoms with Crippen LogP contribution in [0.2, 0.25) is 5.02 Å². The molecule has 3 aromatic rings. The van der Waals surface area contributed by atoms with E-state index in [9.17, 15) is 4.79 Å². The summed E-state index contributed by atoms with van der Waals surface area (Å²) in [6.07, 6.45) is 1.01. The fourth-order valence-electron chi connectivity index (χ4n) is 2.81. The lowest BCUT2D eigenvalue weighted by molar-refractivity contribution is -0.118. The van der Waals surface area contributed by atoms with Crippen LogP contribution >= 0.6 is 22.9 Å². The zero-order valence-electron chi connectivity index (χ0n) is 14.6. The lowest BCUT2D eigenvalue weighted by Crippen LogP contribution is -2.31. The van der Waals surface area contributed by atoms with Crippen LogP contribution in [0.5, 0.6) is 5.75 Å². The molecule has 2 heterocycles. The quantitative estimate of drug-likeness (QED) is 0.622. The molecule has 0 unspecified atom stereocenters. The molecule has 0 radical (unpaired) electrons. The molecule has 4 rings (SSSR count). The summed E-state index contributed by atoms with van der Waals surface area (Å²) in [4.78, 5) is 17.0. The molecule has 1 aromatic heterocycles. The predicted molar refractivity (Wildman–Crippen MR) is 109 cm³/mol. The molecular formula is C20H16ClN3O2S. The van der Waals surface area contributed by atoms with E-state index in [1.54, 1.807) is 7.11 Å². The van der Waals surface area contributed by atoms with Gasteiger partial charge in [0.05, 0.1) is 18.5 Å². The van der Waals surface area contributed by atoms with E-state index in [-0.39, 0.29) is 5.91 Å². The SMILES string of the molecule is COc1ccc(-c2csc(N3N=C(c4ccc(Cl)cc4)CCC3=O)n2)cc1. The van der Waals surface area contributed by atoms with Gasteiger partial charge < -0.3 is 4.74 Å². The molecule has 136 valence electrons. The summed E-state index contributed by atoms with van der Waals surface area (Å²) in [5.41, 5.74) is 3.58. The van der Waals surface area contributed by atoms with Crippen LogP contribution in [0, 0.1) is 0 Å². The molecule has 2 aromatic carbocycles. The van der Waals surface area contributed by atoms with Crippen molar-refractivity contribution in [2.45, 2.75) is 12.8 Å². The molecular weight excluding hydrogens is 382 g/mol. The molecule has 0 saturated carbocycles. The van der Waals surface area contributed by atoms with Gasteiger partial charge in [0, 0.05) is 28.8 Å². The second kappa shape index (κ2) is 7.50. The van der Waals surface area contributed by atoms with E-state index >= 15 is 0 Å². The van der Waals surface area contributed by atoms with Gasteiger partial charge in [0.25, 0.3) is 0 Å². The Balaban J connectivity index is 1.63. The van der Waals surface area contributed by atoms with Gasteiger partial charge in [-0.25, -0.2) is 4.98 Å². The number of ether oxygens (including phenoxy) is 1. The molecule has 27 heavy (non-hydrogen) atoms. The van der Waals surface area contributed by atoms with Crippen LogP contribution in [0.4, 0.5) is 5.13 Å². The number of amides is 1. The molecule has 0 aliphatic carbocycles. The Bertz CT molecular complexity index is 997. The van der Waals surface area contributed by atoms with Gasteiger partial charge in [0.1, 0.15) is 5.75 Å². The van der Waals surface area contributed by atoms with Crippen LogP contribution in [0.1, 0.15) is 18.4 Å². The number of aromatic nitrogens is 1. The molecule has 0 atom stereocenters. The van der Waals surface area contributed by atoms with E-state index in [0.717, 1.165) is 28.3 Å². The molecule has 0 bridgehead atoms. The number of methoxy groups -OCH3 is 1. The maximum Gasteiger partial charge on any atom is 0.249 e. The minimum atomic E-state index is -0.0525. The van der Waals surface area contributed by atoms with Gasteiger partial charge in [-0.15, -0.1) is 11.3 Å². The first-order valence-corrected chi connectivity index (χ1v) is 9.66. The number of hydrogen-bond acceptors (Lipinski definition) is 5. The summed E-state index contributed by atoms with van der Waals surface area (Å²) >= 11 is 7.36. The number of halogens is 1. The lowest BCUT2D eigenvalue weighted by Gasteiger charge is -2.21. The average molecular weight is 398 g/mol. The Morgan fingerprint density at radius 2 is 1.74 bits per heavy atom. The third-order valence-corrected chi connectivity index (χ3v) is 5.34. The molecule has 1 aliphatic heterocycles. The topological polar surface area (TPSA) is 54.8 Å². The minimum Gasteiger partial charge on any atom is -0.497 e. The summed E-state index contributed by atoms with van der Waals surface area (Å²) in [6.45, 7) is 0. The number of carbonyl (C=O) groups excluding carboxylic acids is 1. The van der Waals surface area contributed by atoms with Crippen molar-refractivity contribution in [2.75, 3.05) is 12.1 Å². The summed E-state index contributed by atoms with van der Waals surface area (Å²) < 4.78 is 5.18. The first-order chi connectivity index (χ1) is 13.1. The van der Waals surface area contributed by atoms with Crippen molar-refractivity contribution in [3.05, 3.63) is 64.5 Å². The van der Waals surface area contributed by atoms with Crippen LogP contribution in [0.25, 0.3) is 11.3 Å². The maximum atomic E-state index is 12.4. The Kier molecular flexibility index (Phi) is 4.92. The van der Waals surface area contributed by atoms with Gasteiger partial charge in [-0.3, -0.25) is 4.79 Å². The van der Waals surface area contributed by atoms with Crippen LogP contribution in [0.3, 0.4) is 0 Å². The van der Waals surface area contributed by atoms with Gasteiger partial charge in [-0.05, 0) is 42.0 Å². The monoisotopic (exact) mass is 397 g/mol. The third-order valence-electron chi connectivity index (χ3n) is 4.27. The van der Waals surface area contributed by atoms with Crippen LogP contribution in [-0.4, -0.2) is 23.7 Å². The number of benzene rings is 2. The number of carbonyl (C=O) groups is 1. The number of hydrazone groups is 1. The zero-order valence-corrected chi connectivity index (χ0v) is 16.1. The average Bonchev–Trinajstić information content (AvgIpc) is 3.19. The van der Waals surface area contributed by atoms with Crippen LogP contribution in [0.15, 0.2) is 59.0 Å². The summed E-state index contributed by atoms with van der Waals surface area (Å²) in [6, 6.07) is 15.1. The predicted octanol–water partition coefficient (Wildman–Crippen LogP) is 5.00.